The van der Waals surface area contributed by atoms with E-state index >= 15 is 0 Å². The molecule has 1 aliphatic carbocycles. The average Bonchev–Trinajstić information content (AvgIpc) is 3.63. The summed E-state index contributed by atoms with van der Waals surface area (Å²) >= 11 is 7.11. The van der Waals surface area contributed by atoms with Crippen LogP contribution >= 0.6 is 22.9 Å². The van der Waals surface area contributed by atoms with E-state index in [1.54, 1.807) is 18.2 Å². The van der Waals surface area contributed by atoms with E-state index in [0.29, 0.717) is 28.1 Å². The van der Waals surface area contributed by atoms with Crippen molar-refractivity contribution in [2.75, 3.05) is 43.1 Å². The summed E-state index contributed by atoms with van der Waals surface area (Å²) in [5.74, 6) is -1.42. The highest BCUT2D eigenvalue weighted by atomic mass is 35.5. The number of carbonyl (C=O) groups excluding carboxylic acids is 3. The number of alkyl halides is 2. The van der Waals surface area contributed by atoms with E-state index in [1.165, 1.54) is 17.0 Å². The smallest absolute Gasteiger partial charge is 0.387 e. The zero-order chi connectivity index (χ0) is 29.0. The van der Waals surface area contributed by atoms with Gasteiger partial charge in [0.1, 0.15) is 12.6 Å². The molecule has 2 N–H and O–H groups in total. The molecule has 40 heavy (non-hydrogen) atoms. The van der Waals surface area contributed by atoms with Gasteiger partial charge in [0.25, 0.3) is 11.8 Å². The SMILES string of the molecule is CC(C)(C)CN(C1CC1)[C@H](CNC(=O)c1ccc(Cl)s1)C(=O)Nc1ccc(N2CCOCC2=O)cc1OC(F)F. The van der Waals surface area contributed by atoms with Crippen LogP contribution in [-0.2, 0) is 14.3 Å². The number of amides is 3. The standard InChI is InChI=1S/C27H33ClF2N4O5S/c1-27(2,3)15-34(16-4-5-16)19(13-31-25(37)21-8-9-22(28)40-21)24(36)32-18-7-6-17(12-20(18)39-26(29)30)33-10-11-38-14-23(33)35/h6-9,12,16,19,26H,4-5,10-11,13-15H2,1-3H3,(H,31,37)(H,32,36)/t19-/m1/s1. The Balaban J connectivity index is 1.58. The third-order valence-electron chi connectivity index (χ3n) is 6.37. The third-order valence-corrected chi connectivity index (χ3v) is 7.60. The number of benzene rings is 1. The molecule has 1 saturated carbocycles. The van der Waals surface area contributed by atoms with Crippen molar-refractivity contribution in [3.8, 4) is 5.75 Å². The van der Waals surface area contributed by atoms with Crippen LogP contribution in [0.15, 0.2) is 30.3 Å². The first-order chi connectivity index (χ1) is 18.9. The Morgan fingerprint density at radius 2 is 2.00 bits per heavy atom. The first kappa shape index (κ1) is 30.2. The molecule has 2 aromatic rings. The van der Waals surface area contributed by atoms with Crippen LogP contribution in [0.1, 0.15) is 43.3 Å². The summed E-state index contributed by atoms with van der Waals surface area (Å²) in [7, 11) is 0. The van der Waals surface area contributed by atoms with Gasteiger partial charge in [-0.05, 0) is 42.5 Å². The van der Waals surface area contributed by atoms with Gasteiger partial charge in [-0.3, -0.25) is 19.3 Å². The number of hydrogen-bond acceptors (Lipinski definition) is 7. The van der Waals surface area contributed by atoms with Crippen LogP contribution in [0.2, 0.25) is 4.34 Å². The van der Waals surface area contributed by atoms with E-state index in [0.717, 1.165) is 24.2 Å². The van der Waals surface area contributed by atoms with Crippen LogP contribution in [0.4, 0.5) is 20.2 Å². The Bertz CT molecular complexity index is 1230. The molecular weight excluding hydrogens is 566 g/mol. The number of morpholine rings is 1. The Morgan fingerprint density at radius 1 is 1.25 bits per heavy atom. The fourth-order valence-electron chi connectivity index (χ4n) is 4.50. The number of thiophene rings is 1. The zero-order valence-corrected chi connectivity index (χ0v) is 24.1. The molecule has 1 saturated heterocycles. The molecule has 0 unspecified atom stereocenters. The number of nitrogens with one attached hydrogen (secondary N) is 2. The maximum atomic E-state index is 13.8. The second-order valence-electron chi connectivity index (χ2n) is 10.9. The molecule has 0 bridgehead atoms. The minimum Gasteiger partial charge on any atom is -0.433 e. The quantitative estimate of drug-likeness (QED) is 0.392. The molecule has 2 heterocycles. The molecule has 1 aromatic carbocycles. The van der Waals surface area contributed by atoms with Crippen molar-refractivity contribution in [2.24, 2.45) is 5.41 Å². The van der Waals surface area contributed by atoms with Gasteiger partial charge in [0.2, 0.25) is 5.91 Å². The van der Waals surface area contributed by atoms with Crippen LogP contribution in [0.3, 0.4) is 0 Å². The first-order valence-corrected chi connectivity index (χ1v) is 14.2. The predicted molar refractivity (Wildman–Crippen MR) is 150 cm³/mol. The van der Waals surface area contributed by atoms with E-state index < -0.39 is 18.6 Å². The first-order valence-electron chi connectivity index (χ1n) is 13.0. The molecule has 0 spiro atoms. The van der Waals surface area contributed by atoms with E-state index in [9.17, 15) is 23.2 Å². The number of nitrogens with zero attached hydrogens (tertiary/aromatic N) is 2. The van der Waals surface area contributed by atoms with E-state index in [-0.39, 0.29) is 54.4 Å². The lowest BCUT2D eigenvalue weighted by molar-refractivity contribution is -0.125. The number of carbonyl (C=O) groups is 3. The molecule has 218 valence electrons. The minimum atomic E-state index is -3.15. The summed E-state index contributed by atoms with van der Waals surface area (Å²) in [6.07, 6.45) is 1.83. The summed E-state index contributed by atoms with van der Waals surface area (Å²) in [6, 6.07) is 6.90. The van der Waals surface area contributed by atoms with Crippen LogP contribution in [0.25, 0.3) is 0 Å². The molecule has 3 amide bonds. The number of halogens is 3. The number of rotatable bonds is 11. The summed E-state index contributed by atoms with van der Waals surface area (Å²) in [5.41, 5.74) is 0.234. The average molecular weight is 599 g/mol. The maximum absolute atomic E-state index is 13.8. The maximum Gasteiger partial charge on any atom is 0.387 e. The molecule has 1 aliphatic heterocycles. The Morgan fingerprint density at radius 3 is 2.60 bits per heavy atom. The highest BCUT2D eigenvalue weighted by molar-refractivity contribution is 7.18. The van der Waals surface area contributed by atoms with E-state index in [2.05, 4.69) is 36.3 Å². The largest absolute Gasteiger partial charge is 0.433 e. The summed E-state index contributed by atoms with van der Waals surface area (Å²) < 4.78 is 37.1. The van der Waals surface area contributed by atoms with Crippen molar-refractivity contribution in [3.63, 3.8) is 0 Å². The van der Waals surface area contributed by atoms with Crippen molar-refractivity contribution in [1.82, 2.24) is 10.2 Å². The summed E-state index contributed by atoms with van der Waals surface area (Å²) in [5, 5.41) is 5.57. The van der Waals surface area contributed by atoms with Crippen LogP contribution in [0.5, 0.6) is 5.75 Å². The van der Waals surface area contributed by atoms with Crippen molar-refractivity contribution < 1.29 is 32.6 Å². The molecule has 13 heteroatoms. The van der Waals surface area contributed by atoms with Gasteiger partial charge in [-0.1, -0.05) is 32.4 Å². The Labute approximate surface area is 240 Å². The van der Waals surface area contributed by atoms with Crippen molar-refractivity contribution in [3.05, 3.63) is 39.5 Å². The van der Waals surface area contributed by atoms with Gasteiger partial charge >= 0.3 is 6.61 Å². The van der Waals surface area contributed by atoms with E-state index in [4.69, 9.17) is 21.1 Å². The second-order valence-corrected chi connectivity index (χ2v) is 12.7. The predicted octanol–water partition coefficient (Wildman–Crippen LogP) is 4.61. The minimum absolute atomic E-state index is 0.00182. The number of ether oxygens (including phenoxy) is 2. The molecule has 4 rings (SSSR count). The lowest BCUT2D eigenvalue weighted by Gasteiger charge is -2.36. The Hall–Kier alpha value is -2.80. The van der Waals surface area contributed by atoms with Gasteiger partial charge < -0.3 is 25.0 Å². The molecular formula is C27H33ClF2N4O5S. The molecule has 1 aromatic heterocycles. The van der Waals surface area contributed by atoms with Crippen LogP contribution in [-0.4, -0.2) is 74.2 Å². The topological polar surface area (TPSA) is 100 Å². The van der Waals surface area contributed by atoms with Gasteiger partial charge in [-0.2, -0.15) is 8.78 Å². The normalized spacial score (nSPS) is 16.8. The third kappa shape index (κ3) is 8.12. The van der Waals surface area contributed by atoms with Crippen molar-refractivity contribution in [1.29, 1.82) is 0 Å². The fraction of sp³-hybridized carbons (Fsp3) is 0.519. The molecule has 0 radical (unpaired) electrons. The molecule has 2 fully saturated rings. The zero-order valence-electron chi connectivity index (χ0n) is 22.5. The Kier molecular flexibility index (Phi) is 9.65. The van der Waals surface area contributed by atoms with Gasteiger partial charge in [0, 0.05) is 37.4 Å². The fourth-order valence-corrected chi connectivity index (χ4v) is 5.46. The number of hydrogen-bond donors (Lipinski definition) is 2. The monoisotopic (exact) mass is 598 g/mol. The van der Waals surface area contributed by atoms with Crippen LogP contribution in [0, 0.1) is 5.41 Å². The van der Waals surface area contributed by atoms with Gasteiger partial charge in [0.05, 0.1) is 21.5 Å². The van der Waals surface area contributed by atoms with Gasteiger partial charge in [-0.15, -0.1) is 11.3 Å². The second kappa shape index (κ2) is 12.8. The molecule has 1 atom stereocenters. The van der Waals surface area contributed by atoms with Crippen molar-refractivity contribution in [2.45, 2.75) is 52.3 Å². The summed E-state index contributed by atoms with van der Waals surface area (Å²) in [4.78, 5) is 42.7. The molecule has 2 aliphatic rings. The lowest BCUT2D eigenvalue weighted by atomic mass is 9.95. The lowest BCUT2D eigenvalue weighted by Crippen LogP contribution is -2.53. The highest BCUT2D eigenvalue weighted by Gasteiger charge is 2.39. The number of anilines is 2. The van der Waals surface area contributed by atoms with Crippen molar-refractivity contribution >= 4 is 52.0 Å². The summed E-state index contributed by atoms with van der Waals surface area (Å²) in [6.45, 7) is 4.07. The van der Waals surface area contributed by atoms with Gasteiger partial charge in [-0.25, -0.2) is 0 Å². The molecule has 9 nitrogen and oxygen atoms in total. The highest BCUT2D eigenvalue weighted by Crippen LogP contribution is 2.35. The van der Waals surface area contributed by atoms with Gasteiger partial charge in [0.15, 0.2) is 5.75 Å². The van der Waals surface area contributed by atoms with E-state index in [1.807, 2.05) is 0 Å². The van der Waals surface area contributed by atoms with Crippen LogP contribution < -0.4 is 20.3 Å².